The number of nitrogens with zero attached hydrogens (tertiary/aromatic N) is 3. The molecule has 0 spiro atoms. The van der Waals surface area contributed by atoms with Crippen LogP contribution in [0, 0.1) is 13.8 Å². The van der Waals surface area contributed by atoms with Gasteiger partial charge >= 0.3 is 0 Å². The third kappa shape index (κ3) is 3.61. The second kappa shape index (κ2) is 7.87. The van der Waals surface area contributed by atoms with E-state index in [0.29, 0.717) is 5.92 Å². The molecular formula is C22H25N3O2S. The molecule has 3 aromatic heterocycles. The number of thiophene rings is 1. The molecular weight excluding hydrogens is 370 g/mol. The van der Waals surface area contributed by atoms with Crippen molar-refractivity contribution in [1.29, 1.82) is 0 Å². The normalized spacial score (nSPS) is 15.2. The molecule has 0 unspecified atom stereocenters. The molecule has 3 aromatic rings. The molecule has 0 aliphatic carbocycles. The number of piperidine rings is 1. The number of aromatic nitrogens is 2. The van der Waals surface area contributed by atoms with Crippen molar-refractivity contribution < 1.29 is 9.32 Å². The van der Waals surface area contributed by atoms with Gasteiger partial charge in [-0.2, -0.15) is 0 Å². The number of rotatable bonds is 4. The average molecular weight is 396 g/mol. The van der Waals surface area contributed by atoms with Crippen molar-refractivity contribution >= 4 is 17.2 Å². The van der Waals surface area contributed by atoms with E-state index in [9.17, 15) is 4.79 Å². The van der Waals surface area contributed by atoms with Gasteiger partial charge in [-0.25, -0.2) is 0 Å². The minimum atomic E-state index is 0.158. The fourth-order valence-corrected chi connectivity index (χ4v) is 4.75. The molecule has 1 fully saturated rings. The van der Waals surface area contributed by atoms with Crippen LogP contribution in [0.1, 0.15) is 58.1 Å². The molecule has 6 heteroatoms. The van der Waals surface area contributed by atoms with Crippen LogP contribution in [0.2, 0.25) is 0 Å². The summed E-state index contributed by atoms with van der Waals surface area (Å²) < 4.78 is 5.44. The van der Waals surface area contributed by atoms with Crippen molar-refractivity contribution in [1.82, 2.24) is 15.0 Å². The Kier molecular flexibility index (Phi) is 5.31. The van der Waals surface area contributed by atoms with E-state index in [1.807, 2.05) is 36.3 Å². The van der Waals surface area contributed by atoms with Crippen LogP contribution in [0.25, 0.3) is 11.3 Å². The van der Waals surface area contributed by atoms with Crippen LogP contribution in [0.4, 0.5) is 0 Å². The lowest BCUT2D eigenvalue weighted by Gasteiger charge is -2.31. The standard InChI is InChI=1S/C22H25N3O2S/c1-4-19-21(15(3)24-27-19)18-7-5-6-17(23-18)16-8-10-25(11-9-16)22(26)20-12-14(2)13-28-20/h5-7,12-13,16H,4,8-11H2,1-3H3. The van der Waals surface area contributed by atoms with Crippen molar-refractivity contribution in [3.8, 4) is 11.3 Å². The first-order valence-corrected chi connectivity index (χ1v) is 10.7. The van der Waals surface area contributed by atoms with Gasteiger partial charge < -0.3 is 9.42 Å². The van der Waals surface area contributed by atoms with Crippen LogP contribution in [-0.4, -0.2) is 34.0 Å². The quantitative estimate of drug-likeness (QED) is 0.624. The van der Waals surface area contributed by atoms with Crippen molar-refractivity contribution in [2.45, 2.75) is 46.0 Å². The fraction of sp³-hybridized carbons (Fsp3) is 0.409. The minimum absolute atomic E-state index is 0.158. The van der Waals surface area contributed by atoms with E-state index in [0.717, 1.165) is 71.2 Å². The summed E-state index contributed by atoms with van der Waals surface area (Å²) in [7, 11) is 0. The average Bonchev–Trinajstić information content (AvgIpc) is 3.33. The van der Waals surface area contributed by atoms with Gasteiger partial charge in [-0.05, 0) is 55.8 Å². The van der Waals surface area contributed by atoms with Crippen molar-refractivity contribution in [3.05, 3.63) is 57.2 Å². The van der Waals surface area contributed by atoms with Gasteiger partial charge in [0.1, 0.15) is 5.76 Å². The van der Waals surface area contributed by atoms with Gasteiger partial charge in [-0.1, -0.05) is 18.1 Å². The number of amides is 1. The summed E-state index contributed by atoms with van der Waals surface area (Å²) in [5, 5.41) is 6.14. The van der Waals surface area contributed by atoms with Crippen LogP contribution in [0.3, 0.4) is 0 Å². The fourth-order valence-electron chi connectivity index (χ4n) is 3.88. The Morgan fingerprint density at radius 3 is 2.75 bits per heavy atom. The Morgan fingerprint density at radius 1 is 1.29 bits per heavy atom. The summed E-state index contributed by atoms with van der Waals surface area (Å²) in [5.74, 6) is 1.42. The smallest absolute Gasteiger partial charge is 0.263 e. The van der Waals surface area contributed by atoms with Gasteiger partial charge in [-0.15, -0.1) is 11.3 Å². The SMILES string of the molecule is CCc1onc(C)c1-c1cccc(C2CCN(C(=O)c3cc(C)cs3)CC2)n1. The number of carbonyl (C=O) groups is 1. The molecule has 146 valence electrons. The summed E-state index contributed by atoms with van der Waals surface area (Å²) >= 11 is 1.54. The number of hydrogen-bond donors (Lipinski definition) is 0. The van der Waals surface area contributed by atoms with Gasteiger partial charge in [0.25, 0.3) is 5.91 Å². The molecule has 5 nitrogen and oxygen atoms in total. The van der Waals surface area contributed by atoms with Gasteiger partial charge in [0, 0.05) is 31.1 Å². The van der Waals surface area contributed by atoms with Crippen LogP contribution in [-0.2, 0) is 6.42 Å². The highest BCUT2D eigenvalue weighted by Gasteiger charge is 2.26. The second-order valence-corrected chi connectivity index (χ2v) is 8.33. The Morgan fingerprint density at radius 2 is 2.07 bits per heavy atom. The predicted molar refractivity (Wildman–Crippen MR) is 111 cm³/mol. The number of likely N-dealkylation sites (tertiary alicyclic amines) is 1. The highest BCUT2D eigenvalue weighted by Crippen LogP contribution is 2.31. The van der Waals surface area contributed by atoms with Crippen LogP contribution in [0.5, 0.6) is 0 Å². The highest BCUT2D eigenvalue weighted by molar-refractivity contribution is 7.12. The van der Waals surface area contributed by atoms with Crippen LogP contribution >= 0.6 is 11.3 Å². The summed E-state index contributed by atoms with van der Waals surface area (Å²) in [5.41, 5.74) is 5.08. The first-order valence-electron chi connectivity index (χ1n) is 9.83. The largest absolute Gasteiger partial charge is 0.360 e. The molecule has 1 saturated heterocycles. The maximum Gasteiger partial charge on any atom is 0.263 e. The van der Waals surface area contributed by atoms with E-state index in [1.54, 1.807) is 0 Å². The van der Waals surface area contributed by atoms with Crippen LogP contribution < -0.4 is 0 Å². The topological polar surface area (TPSA) is 59.2 Å². The summed E-state index contributed by atoms with van der Waals surface area (Å²) in [6.45, 7) is 7.61. The lowest BCUT2D eigenvalue weighted by Crippen LogP contribution is -2.37. The number of hydrogen-bond acceptors (Lipinski definition) is 5. The molecule has 0 N–H and O–H groups in total. The van der Waals surface area contributed by atoms with E-state index < -0.39 is 0 Å². The van der Waals surface area contributed by atoms with E-state index >= 15 is 0 Å². The van der Waals surface area contributed by atoms with Crippen molar-refractivity contribution in [2.75, 3.05) is 13.1 Å². The third-order valence-corrected chi connectivity index (χ3v) is 6.46. The van der Waals surface area contributed by atoms with Crippen molar-refractivity contribution in [3.63, 3.8) is 0 Å². The minimum Gasteiger partial charge on any atom is -0.360 e. The van der Waals surface area contributed by atoms with Gasteiger partial charge in [0.2, 0.25) is 0 Å². The molecule has 0 saturated carbocycles. The number of carbonyl (C=O) groups excluding carboxylic acids is 1. The van der Waals surface area contributed by atoms with Crippen molar-refractivity contribution in [2.24, 2.45) is 0 Å². The molecule has 4 heterocycles. The highest BCUT2D eigenvalue weighted by atomic mass is 32.1. The third-order valence-electron chi connectivity index (χ3n) is 5.42. The predicted octanol–water partition coefficient (Wildman–Crippen LogP) is 5.00. The number of pyridine rings is 1. The summed E-state index contributed by atoms with van der Waals surface area (Å²) in [6, 6.07) is 8.18. The van der Waals surface area contributed by atoms with E-state index in [4.69, 9.17) is 9.51 Å². The lowest BCUT2D eigenvalue weighted by atomic mass is 9.92. The molecule has 1 aliphatic heterocycles. The Bertz CT molecular complexity index is 983. The molecule has 0 bridgehead atoms. The van der Waals surface area contributed by atoms with E-state index in [-0.39, 0.29) is 5.91 Å². The molecule has 0 aromatic carbocycles. The Hall–Kier alpha value is -2.47. The molecule has 4 rings (SSSR count). The Labute approximate surface area is 169 Å². The first-order chi connectivity index (χ1) is 13.6. The monoisotopic (exact) mass is 395 g/mol. The van der Waals surface area contributed by atoms with E-state index in [2.05, 4.69) is 24.2 Å². The van der Waals surface area contributed by atoms with Gasteiger partial charge in [0.05, 0.1) is 21.8 Å². The summed E-state index contributed by atoms with van der Waals surface area (Å²) in [6.07, 6.45) is 2.68. The zero-order chi connectivity index (χ0) is 19.7. The second-order valence-electron chi connectivity index (χ2n) is 7.42. The number of aryl methyl sites for hydroxylation is 3. The van der Waals surface area contributed by atoms with Gasteiger partial charge in [0.15, 0.2) is 0 Å². The molecule has 1 aliphatic rings. The maximum atomic E-state index is 12.7. The van der Waals surface area contributed by atoms with E-state index in [1.165, 1.54) is 11.3 Å². The zero-order valence-corrected chi connectivity index (χ0v) is 17.4. The first kappa shape index (κ1) is 18.9. The Balaban J connectivity index is 1.48. The van der Waals surface area contributed by atoms with Crippen LogP contribution in [0.15, 0.2) is 34.2 Å². The zero-order valence-electron chi connectivity index (χ0n) is 16.6. The molecule has 0 radical (unpaired) electrons. The molecule has 1 amide bonds. The molecule has 28 heavy (non-hydrogen) atoms. The lowest BCUT2D eigenvalue weighted by molar-refractivity contribution is 0.0717. The summed E-state index contributed by atoms with van der Waals surface area (Å²) in [4.78, 5) is 20.4. The molecule has 0 atom stereocenters. The van der Waals surface area contributed by atoms with Gasteiger partial charge in [-0.3, -0.25) is 9.78 Å². The maximum absolute atomic E-state index is 12.7.